The van der Waals surface area contributed by atoms with E-state index in [0.717, 1.165) is 38.6 Å². The average Bonchev–Trinajstić information content (AvgIpc) is 3.04. The van der Waals surface area contributed by atoms with Crippen LogP contribution in [0.2, 0.25) is 0 Å². The van der Waals surface area contributed by atoms with E-state index in [4.69, 9.17) is 4.74 Å². The Hall–Kier alpha value is -0.220. The van der Waals surface area contributed by atoms with Gasteiger partial charge in [-0.25, -0.2) is 4.99 Å². The van der Waals surface area contributed by atoms with Crippen molar-refractivity contribution in [3.05, 3.63) is 0 Å². The number of aliphatic imine (C=N–C) groups is 1. The number of amides is 1. The van der Waals surface area contributed by atoms with Crippen molar-refractivity contribution < 1.29 is 9.53 Å². The Morgan fingerprint density at radius 1 is 1.30 bits per heavy atom. The summed E-state index contributed by atoms with van der Waals surface area (Å²) in [5, 5.41) is 7.52. The molecule has 0 aliphatic carbocycles. The van der Waals surface area contributed by atoms with E-state index >= 15 is 0 Å². The Bertz CT molecular complexity index is 384. The Morgan fingerprint density at radius 3 is 2.65 bits per heavy atom. The number of halogens is 1. The number of hydrogen-bond acceptors (Lipinski definition) is 4. The van der Waals surface area contributed by atoms with E-state index in [9.17, 15) is 4.79 Å². The van der Waals surface area contributed by atoms with Crippen molar-refractivity contribution in [3.8, 4) is 0 Å². The summed E-state index contributed by atoms with van der Waals surface area (Å²) in [7, 11) is 3.51. The number of ether oxygens (including phenoxy) is 1. The van der Waals surface area contributed by atoms with Gasteiger partial charge in [0.2, 0.25) is 5.91 Å². The molecule has 2 heterocycles. The summed E-state index contributed by atoms with van der Waals surface area (Å²) in [4.78, 5) is 17.8. The fourth-order valence-electron chi connectivity index (χ4n) is 2.49. The van der Waals surface area contributed by atoms with Gasteiger partial charge in [-0.05, 0) is 31.4 Å². The molecule has 1 amide bonds. The third-order valence-electron chi connectivity index (χ3n) is 3.95. The minimum atomic E-state index is 0. The molecule has 8 heteroatoms. The summed E-state index contributed by atoms with van der Waals surface area (Å²) < 4.78 is 5.39. The van der Waals surface area contributed by atoms with Crippen LogP contribution in [0.5, 0.6) is 0 Å². The van der Waals surface area contributed by atoms with Crippen LogP contribution in [0.25, 0.3) is 0 Å². The molecule has 2 aliphatic rings. The number of carbonyl (C=O) groups is 1. The van der Waals surface area contributed by atoms with Crippen LogP contribution in [0, 0.1) is 0 Å². The summed E-state index contributed by atoms with van der Waals surface area (Å²) in [6, 6.07) is 0.380. The second kappa shape index (κ2) is 11.4. The largest absolute Gasteiger partial charge is 0.381 e. The van der Waals surface area contributed by atoms with Crippen molar-refractivity contribution in [2.75, 3.05) is 46.2 Å². The first-order valence-electron chi connectivity index (χ1n) is 8.09. The molecule has 0 spiro atoms. The zero-order valence-electron chi connectivity index (χ0n) is 14.0. The molecule has 23 heavy (non-hydrogen) atoms. The summed E-state index contributed by atoms with van der Waals surface area (Å²) in [6.45, 7) is 2.68. The van der Waals surface area contributed by atoms with Crippen LogP contribution in [0.3, 0.4) is 0 Å². The van der Waals surface area contributed by atoms with Crippen LogP contribution in [-0.2, 0) is 9.53 Å². The van der Waals surface area contributed by atoms with Gasteiger partial charge >= 0.3 is 0 Å². The third-order valence-corrected chi connectivity index (χ3v) is 5.35. The molecule has 2 fully saturated rings. The summed E-state index contributed by atoms with van der Waals surface area (Å²) in [6.07, 6.45) is 4.54. The molecule has 0 saturated carbocycles. The molecule has 2 rings (SSSR count). The van der Waals surface area contributed by atoms with Crippen molar-refractivity contribution in [3.63, 3.8) is 0 Å². The first-order chi connectivity index (χ1) is 10.6. The van der Waals surface area contributed by atoms with Crippen molar-refractivity contribution in [2.24, 2.45) is 4.99 Å². The highest BCUT2D eigenvalue weighted by molar-refractivity contribution is 14.0. The lowest BCUT2D eigenvalue weighted by Gasteiger charge is -2.26. The standard InChI is InChI=1S/C15H28N4O2S.HI/c1-19(2)14(20)11-17-15(16-10-13-4-3-9-22-13)18-12-5-7-21-8-6-12;/h12-13H,3-11H2,1-2H3,(H2,16,17,18);1H. The maximum absolute atomic E-state index is 11.7. The smallest absolute Gasteiger partial charge is 0.243 e. The van der Waals surface area contributed by atoms with Crippen molar-refractivity contribution >= 4 is 47.6 Å². The lowest BCUT2D eigenvalue weighted by atomic mass is 10.1. The van der Waals surface area contributed by atoms with E-state index in [0.29, 0.717) is 11.3 Å². The van der Waals surface area contributed by atoms with Gasteiger partial charge in [-0.1, -0.05) is 0 Å². The number of nitrogens with one attached hydrogen (secondary N) is 2. The maximum Gasteiger partial charge on any atom is 0.243 e. The molecule has 1 unspecified atom stereocenters. The van der Waals surface area contributed by atoms with Crippen LogP contribution in [0.15, 0.2) is 4.99 Å². The average molecular weight is 456 g/mol. The predicted molar refractivity (Wildman–Crippen MR) is 107 cm³/mol. The van der Waals surface area contributed by atoms with Crippen molar-refractivity contribution in [2.45, 2.75) is 37.0 Å². The normalized spacial score (nSPS) is 22.3. The molecule has 1 atom stereocenters. The lowest BCUT2D eigenvalue weighted by molar-refractivity contribution is -0.127. The molecule has 0 aromatic rings. The highest BCUT2D eigenvalue weighted by atomic mass is 127. The zero-order valence-corrected chi connectivity index (χ0v) is 17.2. The molecule has 0 aromatic heterocycles. The van der Waals surface area contributed by atoms with Crippen molar-refractivity contribution in [1.29, 1.82) is 0 Å². The van der Waals surface area contributed by atoms with Gasteiger partial charge in [0.1, 0.15) is 6.54 Å². The van der Waals surface area contributed by atoms with Gasteiger partial charge < -0.3 is 20.3 Å². The number of thioether (sulfide) groups is 1. The number of nitrogens with zero attached hydrogens (tertiary/aromatic N) is 2. The Kier molecular flexibility index (Phi) is 10.3. The SMILES string of the molecule is CN(C)C(=O)CN=C(NCC1CCCS1)NC1CCOCC1.I. The van der Waals surface area contributed by atoms with Crippen LogP contribution in [0.4, 0.5) is 0 Å². The molecule has 2 saturated heterocycles. The number of likely N-dealkylation sites (N-methyl/N-ethyl adjacent to an activating group) is 1. The zero-order chi connectivity index (χ0) is 15.8. The van der Waals surface area contributed by atoms with Gasteiger partial charge in [0.05, 0.1) is 0 Å². The molecule has 0 aromatic carbocycles. The van der Waals surface area contributed by atoms with Gasteiger partial charge in [-0.2, -0.15) is 11.8 Å². The van der Waals surface area contributed by atoms with E-state index in [1.807, 2.05) is 11.8 Å². The van der Waals surface area contributed by atoms with Crippen molar-refractivity contribution in [1.82, 2.24) is 15.5 Å². The molecule has 2 aliphatic heterocycles. The molecular formula is C15H29IN4O2S. The monoisotopic (exact) mass is 456 g/mol. The van der Waals surface area contributed by atoms with Crippen LogP contribution >= 0.6 is 35.7 Å². The summed E-state index contributed by atoms with van der Waals surface area (Å²) in [5.74, 6) is 2.03. The fraction of sp³-hybridized carbons (Fsp3) is 0.867. The second-order valence-electron chi connectivity index (χ2n) is 6.00. The first kappa shape index (κ1) is 20.8. The second-order valence-corrected chi connectivity index (χ2v) is 7.41. The number of carbonyl (C=O) groups excluding carboxylic acids is 1. The minimum absolute atomic E-state index is 0. The topological polar surface area (TPSA) is 66.0 Å². The number of hydrogen-bond donors (Lipinski definition) is 2. The Balaban J connectivity index is 0.00000264. The van der Waals surface area contributed by atoms with Gasteiger partial charge in [0, 0.05) is 45.1 Å². The number of guanidine groups is 1. The maximum atomic E-state index is 11.7. The van der Waals surface area contributed by atoms with E-state index in [1.165, 1.54) is 18.6 Å². The Labute approximate surface area is 160 Å². The van der Waals surface area contributed by atoms with E-state index in [2.05, 4.69) is 15.6 Å². The Morgan fingerprint density at radius 2 is 2.04 bits per heavy atom. The summed E-state index contributed by atoms with van der Waals surface area (Å²) in [5.41, 5.74) is 0. The molecule has 6 nitrogen and oxygen atoms in total. The van der Waals surface area contributed by atoms with Gasteiger partial charge in [-0.15, -0.1) is 24.0 Å². The van der Waals surface area contributed by atoms with Crippen LogP contribution < -0.4 is 10.6 Å². The minimum Gasteiger partial charge on any atom is -0.381 e. The molecule has 2 N–H and O–H groups in total. The highest BCUT2D eigenvalue weighted by Crippen LogP contribution is 2.25. The summed E-state index contributed by atoms with van der Waals surface area (Å²) >= 11 is 2.02. The quantitative estimate of drug-likeness (QED) is 0.371. The number of rotatable bonds is 5. The highest BCUT2D eigenvalue weighted by Gasteiger charge is 2.18. The van der Waals surface area contributed by atoms with Gasteiger partial charge in [0.25, 0.3) is 0 Å². The molecule has 0 bridgehead atoms. The van der Waals surface area contributed by atoms with E-state index < -0.39 is 0 Å². The van der Waals surface area contributed by atoms with Crippen LogP contribution in [0.1, 0.15) is 25.7 Å². The van der Waals surface area contributed by atoms with Gasteiger partial charge in [-0.3, -0.25) is 4.79 Å². The lowest BCUT2D eigenvalue weighted by Crippen LogP contribution is -2.47. The van der Waals surface area contributed by atoms with E-state index in [1.54, 1.807) is 19.0 Å². The molecular weight excluding hydrogens is 427 g/mol. The molecule has 0 radical (unpaired) electrons. The fourth-order valence-corrected chi connectivity index (χ4v) is 3.69. The predicted octanol–water partition coefficient (Wildman–Crippen LogP) is 1.30. The van der Waals surface area contributed by atoms with E-state index in [-0.39, 0.29) is 36.4 Å². The first-order valence-corrected chi connectivity index (χ1v) is 9.14. The van der Waals surface area contributed by atoms with Gasteiger partial charge in [0.15, 0.2) is 5.96 Å². The third kappa shape index (κ3) is 7.93. The van der Waals surface area contributed by atoms with Crippen LogP contribution in [-0.4, -0.2) is 74.2 Å². The molecule has 134 valence electrons.